The van der Waals surface area contributed by atoms with Crippen molar-refractivity contribution in [1.82, 2.24) is 4.98 Å². The molecule has 5 heteroatoms. The molecule has 15 heavy (non-hydrogen) atoms. The van der Waals surface area contributed by atoms with Gasteiger partial charge in [-0.05, 0) is 13.8 Å². The third-order valence-electron chi connectivity index (χ3n) is 1.65. The molecule has 82 valence electrons. The molecular weight excluding hydrogens is 198 g/mol. The lowest BCUT2D eigenvalue weighted by molar-refractivity contribution is 0.0695. The minimum atomic E-state index is -1.04. The number of rotatable bonds is 5. The van der Waals surface area contributed by atoms with Crippen molar-refractivity contribution in [3.8, 4) is 11.6 Å². The fourth-order valence-electron chi connectivity index (χ4n) is 1.05. The molecule has 0 unspecified atom stereocenters. The molecule has 1 rings (SSSR count). The van der Waals surface area contributed by atoms with Crippen molar-refractivity contribution < 1.29 is 19.4 Å². The minimum absolute atomic E-state index is 0.0851. The number of hydrogen-bond acceptors (Lipinski definition) is 4. The summed E-state index contributed by atoms with van der Waals surface area (Å²) in [6, 6.07) is 1.41. The number of ether oxygens (including phenoxy) is 2. The fourth-order valence-corrected chi connectivity index (χ4v) is 1.05. The number of hydrogen-bond donors (Lipinski definition) is 1. The van der Waals surface area contributed by atoms with E-state index < -0.39 is 5.97 Å². The van der Waals surface area contributed by atoms with Crippen LogP contribution in [0.3, 0.4) is 0 Å². The number of carboxylic acid groups (broad SMARTS) is 1. The van der Waals surface area contributed by atoms with E-state index in [4.69, 9.17) is 14.6 Å². The van der Waals surface area contributed by atoms with Crippen molar-refractivity contribution in [2.24, 2.45) is 0 Å². The molecule has 0 saturated carbocycles. The monoisotopic (exact) mass is 211 g/mol. The summed E-state index contributed by atoms with van der Waals surface area (Å²) in [5.74, 6) is -0.352. The van der Waals surface area contributed by atoms with Gasteiger partial charge in [0, 0.05) is 12.3 Å². The predicted molar refractivity (Wildman–Crippen MR) is 53.5 cm³/mol. The first-order valence-corrected chi connectivity index (χ1v) is 4.68. The second-order valence-electron chi connectivity index (χ2n) is 2.70. The van der Waals surface area contributed by atoms with E-state index in [0.717, 1.165) is 0 Å². The molecule has 0 aromatic carbocycles. The van der Waals surface area contributed by atoms with E-state index in [1.807, 2.05) is 13.8 Å². The highest BCUT2D eigenvalue weighted by Crippen LogP contribution is 2.25. The highest BCUT2D eigenvalue weighted by atomic mass is 16.5. The summed E-state index contributed by atoms with van der Waals surface area (Å²) >= 11 is 0. The van der Waals surface area contributed by atoms with Gasteiger partial charge >= 0.3 is 5.97 Å². The molecule has 1 aromatic rings. The second kappa shape index (κ2) is 5.19. The Labute approximate surface area is 87.7 Å². The molecule has 0 radical (unpaired) electrons. The average Bonchev–Trinajstić information content (AvgIpc) is 2.21. The smallest absolute Gasteiger partial charge is 0.337 e. The fraction of sp³-hybridized carbons (Fsp3) is 0.400. The molecule has 0 aliphatic heterocycles. The van der Waals surface area contributed by atoms with Crippen LogP contribution in [0.5, 0.6) is 11.6 Å². The Hall–Kier alpha value is -1.78. The molecule has 0 bridgehead atoms. The van der Waals surface area contributed by atoms with Crippen molar-refractivity contribution in [1.29, 1.82) is 0 Å². The van der Waals surface area contributed by atoms with E-state index in [9.17, 15) is 4.79 Å². The van der Waals surface area contributed by atoms with Gasteiger partial charge in [-0.3, -0.25) is 0 Å². The molecule has 0 aliphatic carbocycles. The van der Waals surface area contributed by atoms with Gasteiger partial charge in [0.2, 0.25) is 0 Å². The topological polar surface area (TPSA) is 68.7 Å². The van der Waals surface area contributed by atoms with E-state index in [2.05, 4.69) is 4.98 Å². The Morgan fingerprint density at radius 3 is 2.60 bits per heavy atom. The van der Waals surface area contributed by atoms with Gasteiger partial charge in [-0.1, -0.05) is 0 Å². The Morgan fingerprint density at radius 1 is 1.40 bits per heavy atom. The summed E-state index contributed by atoms with van der Waals surface area (Å²) in [5, 5.41) is 8.76. The molecular formula is C10H13NO4. The van der Waals surface area contributed by atoms with Gasteiger partial charge in [-0.2, -0.15) is 0 Å². The zero-order chi connectivity index (χ0) is 11.3. The second-order valence-corrected chi connectivity index (χ2v) is 2.70. The molecule has 0 saturated heterocycles. The lowest BCUT2D eigenvalue weighted by atomic mass is 10.3. The normalized spacial score (nSPS) is 9.73. The number of pyridine rings is 1. The number of carboxylic acids is 1. The van der Waals surface area contributed by atoms with Crippen LogP contribution in [-0.4, -0.2) is 29.3 Å². The molecule has 1 N–H and O–H groups in total. The first-order chi connectivity index (χ1) is 7.19. The van der Waals surface area contributed by atoms with Gasteiger partial charge < -0.3 is 14.6 Å². The maximum Gasteiger partial charge on any atom is 0.337 e. The van der Waals surface area contributed by atoms with Crippen molar-refractivity contribution >= 4 is 5.97 Å². The molecule has 0 fully saturated rings. The van der Waals surface area contributed by atoms with Gasteiger partial charge in [0.25, 0.3) is 5.88 Å². The molecule has 1 heterocycles. The highest BCUT2D eigenvalue weighted by Gasteiger charge is 2.11. The van der Waals surface area contributed by atoms with Crippen molar-refractivity contribution in [2.75, 3.05) is 13.2 Å². The third kappa shape index (κ3) is 2.83. The highest BCUT2D eigenvalue weighted by molar-refractivity contribution is 5.87. The average molecular weight is 211 g/mol. The summed E-state index contributed by atoms with van der Waals surface area (Å²) in [4.78, 5) is 14.6. The van der Waals surface area contributed by atoms with Crippen LogP contribution in [0, 0.1) is 0 Å². The molecule has 0 atom stereocenters. The molecule has 0 amide bonds. The van der Waals surface area contributed by atoms with E-state index >= 15 is 0 Å². The van der Waals surface area contributed by atoms with Gasteiger partial charge in [-0.25, -0.2) is 9.78 Å². The van der Waals surface area contributed by atoms with Crippen LogP contribution < -0.4 is 9.47 Å². The quantitative estimate of drug-likeness (QED) is 0.800. The number of nitrogens with zero attached hydrogens (tertiary/aromatic N) is 1. The Morgan fingerprint density at radius 2 is 2.07 bits per heavy atom. The van der Waals surface area contributed by atoms with Crippen LogP contribution in [0.4, 0.5) is 0 Å². The van der Waals surface area contributed by atoms with E-state index in [0.29, 0.717) is 24.8 Å². The number of aromatic carboxylic acids is 1. The zero-order valence-corrected chi connectivity index (χ0v) is 8.69. The molecule has 0 spiro atoms. The predicted octanol–water partition coefficient (Wildman–Crippen LogP) is 1.58. The molecule has 1 aromatic heterocycles. The number of carbonyl (C=O) groups is 1. The summed E-state index contributed by atoms with van der Waals surface area (Å²) in [5.41, 5.74) is 0.0851. The van der Waals surface area contributed by atoms with Gasteiger partial charge in [0.15, 0.2) is 5.75 Å². The summed E-state index contributed by atoms with van der Waals surface area (Å²) < 4.78 is 10.4. The maximum absolute atomic E-state index is 10.7. The van der Waals surface area contributed by atoms with Crippen LogP contribution in [0.15, 0.2) is 12.3 Å². The lowest BCUT2D eigenvalue weighted by Crippen LogP contribution is -2.04. The first kappa shape index (κ1) is 11.3. The SMILES string of the molecule is CCOc1cc(C(=O)O)cnc1OCC. The Kier molecular flexibility index (Phi) is 3.91. The first-order valence-electron chi connectivity index (χ1n) is 4.68. The molecule has 5 nitrogen and oxygen atoms in total. The van der Waals surface area contributed by atoms with E-state index in [1.54, 1.807) is 0 Å². The summed E-state index contributed by atoms with van der Waals surface area (Å²) in [6.07, 6.45) is 1.25. The summed E-state index contributed by atoms with van der Waals surface area (Å²) in [7, 11) is 0. The molecule has 0 aliphatic rings. The lowest BCUT2D eigenvalue weighted by Gasteiger charge is -2.09. The van der Waals surface area contributed by atoms with Crippen molar-refractivity contribution in [2.45, 2.75) is 13.8 Å². The van der Waals surface area contributed by atoms with Gasteiger partial charge in [0.05, 0.1) is 18.8 Å². The minimum Gasteiger partial charge on any atom is -0.488 e. The zero-order valence-electron chi connectivity index (χ0n) is 8.69. The van der Waals surface area contributed by atoms with E-state index in [1.165, 1.54) is 12.3 Å². The Bertz CT molecular complexity index is 351. The van der Waals surface area contributed by atoms with Crippen LogP contribution >= 0.6 is 0 Å². The van der Waals surface area contributed by atoms with Crippen LogP contribution in [0.1, 0.15) is 24.2 Å². The van der Waals surface area contributed by atoms with Gasteiger partial charge in [0.1, 0.15) is 0 Å². The standard InChI is InChI=1S/C10H13NO4/c1-3-14-8-5-7(10(12)13)6-11-9(8)15-4-2/h5-6H,3-4H2,1-2H3,(H,12,13). The summed E-state index contributed by atoms with van der Waals surface area (Å²) in [6.45, 7) is 4.52. The third-order valence-corrected chi connectivity index (χ3v) is 1.65. The number of aromatic nitrogens is 1. The Balaban J connectivity index is 3.02. The van der Waals surface area contributed by atoms with Crippen molar-refractivity contribution in [3.05, 3.63) is 17.8 Å². The van der Waals surface area contributed by atoms with Crippen LogP contribution in [0.2, 0.25) is 0 Å². The van der Waals surface area contributed by atoms with Crippen molar-refractivity contribution in [3.63, 3.8) is 0 Å². The largest absolute Gasteiger partial charge is 0.488 e. The van der Waals surface area contributed by atoms with Crippen LogP contribution in [-0.2, 0) is 0 Å². The van der Waals surface area contributed by atoms with Gasteiger partial charge in [-0.15, -0.1) is 0 Å². The maximum atomic E-state index is 10.7. The van der Waals surface area contributed by atoms with E-state index in [-0.39, 0.29) is 5.56 Å². The van der Waals surface area contributed by atoms with Crippen LogP contribution in [0.25, 0.3) is 0 Å².